The monoisotopic (exact) mass is 207 g/mol. The molecule has 80 valence electrons. The van der Waals surface area contributed by atoms with E-state index in [4.69, 9.17) is 9.52 Å². The first-order valence-electron chi connectivity index (χ1n) is 4.99. The summed E-state index contributed by atoms with van der Waals surface area (Å²) in [7, 11) is 0. The summed E-state index contributed by atoms with van der Waals surface area (Å²) in [4.78, 5) is 11.5. The molecule has 4 heteroatoms. The Balaban J connectivity index is 2.66. The Morgan fingerprint density at radius 2 is 2.27 bits per heavy atom. The summed E-state index contributed by atoms with van der Waals surface area (Å²) in [5.74, 6) is -0.332. The second-order valence-electron chi connectivity index (χ2n) is 3.48. The first-order chi connectivity index (χ1) is 7.26. The molecule has 0 unspecified atom stereocenters. The molecule has 0 saturated heterocycles. The Kier molecular flexibility index (Phi) is 2.60. The number of aryl methyl sites for hydroxylation is 1. The van der Waals surface area contributed by atoms with Gasteiger partial charge < -0.3 is 9.52 Å². The van der Waals surface area contributed by atoms with Crippen LogP contribution < -0.4 is 5.76 Å². The van der Waals surface area contributed by atoms with Gasteiger partial charge in [-0.05, 0) is 24.1 Å². The van der Waals surface area contributed by atoms with Gasteiger partial charge in [0.2, 0.25) is 0 Å². The molecule has 15 heavy (non-hydrogen) atoms. The van der Waals surface area contributed by atoms with Crippen molar-refractivity contribution in [3.05, 3.63) is 34.3 Å². The van der Waals surface area contributed by atoms with E-state index >= 15 is 0 Å². The van der Waals surface area contributed by atoms with Gasteiger partial charge in [-0.2, -0.15) is 0 Å². The molecule has 0 radical (unpaired) electrons. The van der Waals surface area contributed by atoms with Crippen molar-refractivity contribution in [3.8, 4) is 0 Å². The molecule has 0 fully saturated rings. The molecule has 0 saturated carbocycles. The topological polar surface area (TPSA) is 55.4 Å². The van der Waals surface area contributed by atoms with Crippen molar-refractivity contribution in [1.82, 2.24) is 4.57 Å². The van der Waals surface area contributed by atoms with E-state index in [-0.39, 0.29) is 12.4 Å². The fourth-order valence-electron chi connectivity index (χ4n) is 1.64. The highest BCUT2D eigenvalue weighted by molar-refractivity contribution is 5.73. The van der Waals surface area contributed by atoms with E-state index in [1.54, 1.807) is 22.8 Å². The number of hydrogen-bond donors (Lipinski definition) is 1. The third-order valence-corrected chi connectivity index (χ3v) is 2.36. The number of aliphatic hydroxyl groups excluding tert-OH is 1. The molecule has 0 amide bonds. The summed E-state index contributed by atoms with van der Waals surface area (Å²) < 4.78 is 6.67. The Hall–Kier alpha value is -1.55. The van der Waals surface area contributed by atoms with Crippen molar-refractivity contribution in [2.75, 3.05) is 0 Å². The van der Waals surface area contributed by atoms with Crippen LogP contribution in [0.25, 0.3) is 11.1 Å². The normalized spacial score (nSPS) is 11.1. The van der Waals surface area contributed by atoms with Crippen LogP contribution in [0.15, 0.2) is 27.4 Å². The number of hydrogen-bond acceptors (Lipinski definition) is 3. The standard InChI is InChI=1S/C11H13NO3/c1-2-5-12-9-6-8(7-13)3-4-10(9)15-11(12)14/h3-4,6,13H,2,5,7H2,1H3. The SMILES string of the molecule is CCCn1c(=O)oc2ccc(CO)cc21. The molecule has 1 N–H and O–H groups in total. The highest BCUT2D eigenvalue weighted by atomic mass is 16.4. The average Bonchev–Trinajstić information content (AvgIpc) is 2.55. The van der Waals surface area contributed by atoms with Crippen molar-refractivity contribution in [3.63, 3.8) is 0 Å². The first kappa shape index (κ1) is 9.98. The van der Waals surface area contributed by atoms with Gasteiger partial charge in [0.05, 0.1) is 12.1 Å². The zero-order chi connectivity index (χ0) is 10.8. The van der Waals surface area contributed by atoms with Crippen molar-refractivity contribution >= 4 is 11.1 Å². The minimum atomic E-state index is -0.332. The first-order valence-corrected chi connectivity index (χ1v) is 4.99. The highest BCUT2D eigenvalue weighted by Gasteiger charge is 2.08. The highest BCUT2D eigenvalue weighted by Crippen LogP contribution is 2.15. The molecule has 4 nitrogen and oxygen atoms in total. The van der Waals surface area contributed by atoms with Crippen molar-refractivity contribution < 1.29 is 9.52 Å². The second kappa shape index (κ2) is 3.90. The van der Waals surface area contributed by atoms with E-state index < -0.39 is 0 Å². The van der Waals surface area contributed by atoms with E-state index in [0.29, 0.717) is 12.1 Å². The number of rotatable bonds is 3. The van der Waals surface area contributed by atoms with Crippen LogP contribution in [0.3, 0.4) is 0 Å². The molecule has 0 aliphatic rings. The lowest BCUT2D eigenvalue weighted by atomic mass is 10.2. The van der Waals surface area contributed by atoms with Crippen LogP contribution in [0.4, 0.5) is 0 Å². The van der Waals surface area contributed by atoms with Crippen molar-refractivity contribution in [2.24, 2.45) is 0 Å². The molecule has 1 aromatic carbocycles. The summed E-state index contributed by atoms with van der Waals surface area (Å²) in [6.45, 7) is 2.61. The minimum absolute atomic E-state index is 0.0264. The van der Waals surface area contributed by atoms with Gasteiger partial charge in [0.15, 0.2) is 5.58 Å². The Labute approximate surface area is 86.8 Å². The molecule has 0 bridgehead atoms. The lowest BCUT2D eigenvalue weighted by molar-refractivity contribution is 0.282. The Morgan fingerprint density at radius 1 is 1.47 bits per heavy atom. The van der Waals surface area contributed by atoms with Crippen molar-refractivity contribution in [2.45, 2.75) is 26.5 Å². The number of oxazole rings is 1. The summed E-state index contributed by atoms with van der Waals surface area (Å²) in [6, 6.07) is 5.26. The van der Waals surface area contributed by atoms with Gasteiger partial charge in [-0.1, -0.05) is 13.0 Å². The van der Waals surface area contributed by atoms with Crippen molar-refractivity contribution in [1.29, 1.82) is 0 Å². The van der Waals surface area contributed by atoms with Gasteiger partial charge >= 0.3 is 5.76 Å². The van der Waals surface area contributed by atoms with Crippen LogP contribution in [-0.4, -0.2) is 9.67 Å². The number of nitrogens with zero attached hydrogens (tertiary/aromatic N) is 1. The van der Waals surface area contributed by atoms with Crippen LogP contribution in [0.1, 0.15) is 18.9 Å². The quantitative estimate of drug-likeness (QED) is 0.829. The molecular formula is C11H13NO3. The lowest BCUT2D eigenvalue weighted by Gasteiger charge is -1.99. The number of fused-ring (bicyclic) bond motifs is 1. The van der Waals surface area contributed by atoms with Crippen LogP contribution in [0, 0.1) is 0 Å². The maximum atomic E-state index is 11.5. The molecule has 1 aromatic heterocycles. The fraction of sp³-hybridized carbons (Fsp3) is 0.364. The Morgan fingerprint density at radius 3 is 2.93 bits per heavy atom. The maximum absolute atomic E-state index is 11.5. The molecule has 0 spiro atoms. The zero-order valence-electron chi connectivity index (χ0n) is 8.56. The predicted octanol–water partition coefficient (Wildman–Crippen LogP) is 1.50. The smallest absolute Gasteiger partial charge is 0.408 e. The van der Waals surface area contributed by atoms with Gasteiger partial charge in [0, 0.05) is 6.54 Å². The van der Waals surface area contributed by atoms with Crippen LogP contribution >= 0.6 is 0 Å². The zero-order valence-corrected chi connectivity index (χ0v) is 8.56. The molecule has 1 heterocycles. The van der Waals surface area contributed by atoms with Crippen LogP contribution in [-0.2, 0) is 13.2 Å². The predicted molar refractivity (Wildman–Crippen MR) is 56.7 cm³/mol. The molecule has 0 atom stereocenters. The maximum Gasteiger partial charge on any atom is 0.419 e. The summed E-state index contributed by atoms with van der Waals surface area (Å²) >= 11 is 0. The van der Waals surface area contributed by atoms with E-state index in [2.05, 4.69) is 0 Å². The molecule has 0 aliphatic carbocycles. The lowest BCUT2D eigenvalue weighted by Crippen LogP contribution is -2.13. The van der Waals surface area contributed by atoms with Gasteiger partial charge in [0.1, 0.15) is 0 Å². The van der Waals surface area contributed by atoms with Crippen LogP contribution in [0.5, 0.6) is 0 Å². The number of aromatic nitrogens is 1. The third-order valence-electron chi connectivity index (χ3n) is 2.36. The van der Waals surface area contributed by atoms with Gasteiger partial charge in [0.25, 0.3) is 0 Å². The van der Waals surface area contributed by atoms with E-state index in [1.165, 1.54) is 0 Å². The van der Waals surface area contributed by atoms with Crippen LogP contribution in [0.2, 0.25) is 0 Å². The molecular weight excluding hydrogens is 194 g/mol. The molecule has 0 aliphatic heterocycles. The summed E-state index contributed by atoms with van der Waals surface area (Å²) in [5.41, 5.74) is 2.12. The third kappa shape index (κ3) is 1.68. The summed E-state index contributed by atoms with van der Waals surface area (Å²) in [5, 5.41) is 9.01. The van der Waals surface area contributed by atoms with Gasteiger partial charge in [-0.3, -0.25) is 4.57 Å². The van der Waals surface area contributed by atoms with Gasteiger partial charge in [-0.15, -0.1) is 0 Å². The second-order valence-corrected chi connectivity index (χ2v) is 3.48. The van der Waals surface area contributed by atoms with E-state index in [1.807, 2.05) is 6.92 Å². The average molecular weight is 207 g/mol. The Bertz CT molecular complexity index is 524. The molecule has 2 aromatic rings. The van der Waals surface area contributed by atoms with E-state index in [9.17, 15) is 4.79 Å². The molecule has 2 rings (SSSR count). The van der Waals surface area contributed by atoms with E-state index in [0.717, 1.165) is 17.5 Å². The largest absolute Gasteiger partial charge is 0.419 e. The van der Waals surface area contributed by atoms with Gasteiger partial charge in [-0.25, -0.2) is 4.79 Å². The summed E-state index contributed by atoms with van der Waals surface area (Å²) in [6.07, 6.45) is 0.873. The number of aliphatic hydroxyl groups is 1. The number of benzene rings is 1. The minimum Gasteiger partial charge on any atom is -0.408 e. The fourth-order valence-corrected chi connectivity index (χ4v) is 1.64.